The average Bonchev–Trinajstić information content (AvgIpc) is 3.08. The van der Waals surface area contributed by atoms with Crippen LogP contribution in [0.5, 0.6) is 0 Å². The molecule has 6 heteroatoms. The van der Waals surface area contributed by atoms with Crippen molar-refractivity contribution in [3.63, 3.8) is 0 Å². The lowest BCUT2D eigenvalue weighted by Gasteiger charge is -2.23. The van der Waals surface area contributed by atoms with Gasteiger partial charge in [-0.1, -0.05) is 60.7 Å². The maximum Gasteiger partial charge on any atom is 0.407 e. The molecule has 1 N–H and O–H groups in total. The second kappa shape index (κ2) is 9.90. The summed E-state index contributed by atoms with van der Waals surface area (Å²) in [6.07, 6.45) is 0.0929. The van der Waals surface area contributed by atoms with Gasteiger partial charge in [-0.25, -0.2) is 4.79 Å². The number of carbonyl (C=O) groups excluding carboxylic acids is 2. The van der Waals surface area contributed by atoms with Crippen LogP contribution in [0.3, 0.4) is 0 Å². The minimum absolute atomic E-state index is 0.182. The molecule has 2 aromatic carbocycles. The number of amides is 1. The Morgan fingerprint density at radius 3 is 2.39 bits per heavy atom. The Balaban J connectivity index is 1.64. The van der Waals surface area contributed by atoms with Gasteiger partial charge >= 0.3 is 12.1 Å². The average molecular weight is 383 g/mol. The zero-order valence-electron chi connectivity index (χ0n) is 15.9. The number of esters is 1. The van der Waals surface area contributed by atoms with Crippen LogP contribution >= 0.6 is 0 Å². The van der Waals surface area contributed by atoms with E-state index in [4.69, 9.17) is 14.2 Å². The molecule has 2 aromatic rings. The fourth-order valence-corrected chi connectivity index (χ4v) is 3.31. The van der Waals surface area contributed by atoms with Crippen molar-refractivity contribution in [1.82, 2.24) is 5.32 Å². The number of benzene rings is 2. The summed E-state index contributed by atoms with van der Waals surface area (Å²) in [6.45, 7) is 0.493. The number of hydrogen-bond donors (Lipinski definition) is 1. The maximum absolute atomic E-state index is 12.4. The lowest BCUT2D eigenvalue weighted by atomic mass is 9.96. The molecule has 0 aliphatic carbocycles. The summed E-state index contributed by atoms with van der Waals surface area (Å²) in [5.74, 6) is -0.597. The highest BCUT2D eigenvalue weighted by Crippen LogP contribution is 2.25. The highest BCUT2D eigenvalue weighted by atomic mass is 16.6. The smallest absolute Gasteiger partial charge is 0.407 e. The largest absolute Gasteiger partial charge is 0.460 e. The summed E-state index contributed by atoms with van der Waals surface area (Å²) in [7, 11) is 1.56. The molecule has 0 saturated carbocycles. The van der Waals surface area contributed by atoms with Gasteiger partial charge in [0.25, 0.3) is 0 Å². The molecular formula is C22H25NO5. The predicted octanol–water partition coefficient (Wildman–Crippen LogP) is 3.10. The van der Waals surface area contributed by atoms with Gasteiger partial charge in [-0.3, -0.25) is 4.79 Å². The van der Waals surface area contributed by atoms with Crippen molar-refractivity contribution in [2.24, 2.45) is 5.92 Å². The molecule has 1 aliphatic rings. The zero-order chi connectivity index (χ0) is 19.8. The van der Waals surface area contributed by atoms with E-state index in [9.17, 15) is 9.59 Å². The van der Waals surface area contributed by atoms with Crippen LogP contribution in [0.25, 0.3) is 0 Å². The minimum Gasteiger partial charge on any atom is -0.460 e. The van der Waals surface area contributed by atoms with E-state index in [0.717, 1.165) is 11.1 Å². The number of carbonyl (C=O) groups is 2. The van der Waals surface area contributed by atoms with Gasteiger partial charge in [-0.15, -0.1) is 0 Å². The minimum atomic E-state index is -0.531. The van der Waals surface area contributed by atoms with Crippen LogP contribution in [0.2, 0.25) is 0 Å². The fraction of sp³-hybridized carbons (Fsp3) is 0.364. The molecule has 0 unspecified atom stereocenters. The molecule has 148 valence electrons. The molecule has 3 atom stereocenters. The van der Waals surface area contributed by atoms with Gasteiger partial charge in [0.1, 0.15) is 12.7 Å². The number of nitrogens with one attached hydrogen (secondary N) is 1. The van der Waals surface area contributed by atoms with E-state index < -0.39 is 12.2 Å². The van der Waals surface area contributed by atoms with Crippen LogP contribution in [0.4, 0.5) is 4.79 Å². The highest BCUT2D eigenvalue weighted by Gasteiger charge is 2.39. The van der Waals surface area contributed by atoms with Crippen LogP contribution in [-0.2, 0) is 32.0 Å². The summed E-state index contributed by atoms with van der Waals surface area (Å²) in [4.78, 5) is 24.4. The number of rotatable bonds is 8. The molecule has 0 radical (unpaired) electrons. The highest BCUT2D eigenvalue weighted by molar-refractivity contribution is 5.75. The number of hydrogen-bond acceptors (Lipinski definition) is 5. The van der Waals surface area contributed by atoms with Crippen LogP contribution < -0.4 is 5.32 Å². The second-order valence-corrected chi connectivity index (χ2v) is 6.87. The van der Waals surface area contributed by atoms with Crippen molar-refractivity contribution < 1.29 is 23.8 Å². The monoisotopic (exact) mass is 383 g/mol. The van der Waals surface area contributed by atoms with Crippen molar-refractivity contribution in [3.05, 3.63) is 71.8 Å². The van der Waals surface area contributed by atoms with E-state index in [0.29, 0.717) is 19.4 Å². The first kappa shape index (κ1) is 19.9. The summed E-state index contributed by atoms with van der Waals surface area (Å²) in [5, 5.41) is 2.88. The zero-order valence-corrected chi connectivity index (χ0v) is 15.9. The van der Waals surface area contributed by atoms with Gasteiger partial charge in [-0.05, 0) is 17.5 Å². The molecule has 6 nitrogen and oxygen atoms in total. The molecule has 0 aromatic heterocycles. The predicted molar refractivity (Wildman–Crippen MR) is 104 cm³/mol. The van der Waals surface area contributed by atoms with E-state index in [2.05, 4.69) is 5.32 Å². The molecule has 1 amide bonds. The first-order chi connectivity index (χ1) is 13.7. The second-order valence-electron chi connectivity index (χ2n) is 6.87. The lowest BCUT2D eigenvalue weighted by Crippen LogP contribution is -2.45. The molecule has 28 heavy (non-hydrogen) atoms. The Hall–Kier alpha value is -2.86. The maximum atomic E-state index is 12.4. The Labute approximate surface area is 164 Å². The van der Waals surface area contributed by atoms with E-state index in [1.165, 1.54) is 0 Å². The van der Waals surface area contributed by atoms with Crippen LogP contribution in [0.1, 0.15) is 17.5 Å². The van der Waals surface area contributed by atoms with E-state index in [-0.39, 0.29) is 24.5 Å². The van der Waals surface area contributed by atoms with Gasteiger partial charge in [0.15, 0.2) is 0 Å². The molecular weight excluding hydrogens is 358 g/mol. The summed E-state index contributed by atoms with van der Waals surface area (Å²) >= 11 is 0. The van der Waals surface area contributed by atoms with Crippen LogP contribution in [0, 0.1) is 5.92 Å². The number of ether oxygens (including phenoxy) is 3. The normalized spacial score (nSPS) is 19.7. The molecule has 3 rings (SSSR count). The van der Waals surface area contributed by atoms with E-state index in [1.807, 2.05) is 60.7 Å². The van der Waals surface area contributed by atoms with Gasteiger partial charge < -0.3 is 19.5 Å². The Morgan fingerprint density at radius 1 is 1.11 bits per heavy atom. The standard InChI is InChI=1S/C22H25NO5/c1-26-15-18-13-20(28-21(18)24)19(12-16-8-4-2-5-9-16)23-22(25)27-14-17-10-6-3-7-11-17/h2-11,18-20H,12-15H2,1H3,(H,23,25)/t18-,19-,20-/m0/s1. The van der Waals surface area contributed by atoms with Crippen LogP contribution in [0.15, 0.2) is 60.7 Å². The third kappa shape index (κ3) is 5.57. The molecule has 1 heterocycles. The summed E-state index contributed by atoms with van der Waals surface area (Å²) in [6, 6.07) is 18.9. The molecule has 1 fully saturated rings. The van der Waals surface area contributed by atoms with Crippen molar-refractivity contribution in [2.45, 2.75) is 31.6 Å². The van der Waals surface area contributed by atoms with E-state index in [1.54, 1.807) is 7.11 Å². The Bertz CT molecular complexity index is 765. The topological polar surface area (TPSA) is 73.9 Å². The quantitative estimate of drug-likeness (QED) is 0.709. The Kier molecular flexibility index (Phi) is 7.03. The lowest BCUT2D eigenvalue weighted by molar-refractivity contribution is -0.146. The first-order valence-electron chi connectivity index (χ1n) is 9.36. The summed E-state index contributed by atoms with van der Waals surface area (Å²) in [5.41, 5.74) is 1.95. The summed E-state index contributed by atoms with van der Waals surface area (Å²) < 4.78 is 16.0. The first-order valence-corrected chi connectivity index (χ1v) is 9.36. The van der Waals surface area contributed by atoms with E-state index >= 15 is 0 Å². The number of methoxy groups -OCH3 is 1. The van der Waals surface area contributed by atoms with Gasteiger partial charge in [0.2, 0.25) is 0 Å². The third-order valence-corrected chi connectivity index (χ3v) is 4.75. The SMILES string of the molecule is COC[C@@H]1C[C@@H]([C@H](Cc2ccccc2)NC(=O)OCc2ccccc2)OC1=O. The van der Waals surface area contributed by atoms with Crippen LogP contribution in [-0.4, -0.2) is 37.9 Å². The van der Waals surface area contributed by atoms with Gasteiger partial charge in [0.05, 0.1) is 18.6 Å². The van der Waals surface area contributed by atoms with Crippen molar-refractivity contribution in [3.8, 4) is 0 Å². The third-order valence-electron chi connectivity index (χ3n) is 4.75. The van der Waals surface area contributed by atoms with Gasteiger partial charge in [0, 0.05) is 13.5 Å². The Morgan fingerprint density at radius 2 is 1.75 bits per heavy atom. The molecule has 1 saturated heterocycles. The molecule has 1 aliphatic heterocycles. The van der Waals surface area contributed by atoms with Crippen molar-refractivity contribution in [1.29, 1.82) is 0 Å². The fourth-order valence-electron chi connectivity index (χ4n) is 3.31. The number of alkyl carbamates (subject to hydrolysis) is 1. The van der Waals surface area contributed by atoms with Crippen molar-refractivity contribution >= 4 is 12.1 Å². The van der Waals surface area contributed by atoms with Gasteiger partial charge in [-0.2, -0.15) is 0 Å². The number of cyclic esters (lactones) is 1. The molecule has 0 bridgehead atoms. The molecule has 0 spiro atoms. The van der Waals surface area contributed by atoms with Crippen molar-refractivity contribution in [2.75, 3.05) is 13.7 Å².